The summed E-state index contributed by atoms with van der Waals surface area (Å²) in [5.41, 5.74) is 2.77. The summed E-state index contributed by atoms with van der Waals surface area (Å²) in [6.07, 6.45) is 6.03. The molecule has 0 saturated heterocycles. The van der Waals surface area contributed by atoms with Gasteiger partial charge < -0.3 is 4.43 Å². The zero-order valence-electron chi connectivity index (χ0n) is 10.3. The molecule has 0 saturated carbocycles. The van der Waals surface area contributed by atoms with E-state index in [9.17, 15) is 0 Å². The second kappa shape index (κ2) is 7.63. The van der Waals surface area contributed by atoms with E-state index >= 15 is 0 Å². The van der Waals surface area contributed by atoms with Crippen molar-refractivity contribution in [2.75, 3.05) is 0 Å². The highest BCUT2D eigenvalue weighted by molar-refractivity contribution is 5.98. The summed E-state index contributed by atoms with van der Waals surface area (Å²) in [6, 6.07) is 8.62. The largest absolute Gasteiger partial charge is 0.412 e. The fourth-order valence-corrected chi connectivity index (χ4v) is 2.23. The molecule has 1 atom stereocenters. The predicted molar refractivity (Wildman–Crippen MR) is 69.5 cm³/mol. The van der Waals surface area contributed by atoms with E-state index < -0.39 is 0 Å². The van der Waals surface area contributed by atoms with Crippen LogP contribution in [-0.2, 0) is 10.8 Å². The third-order valence-electron chi connectivity index (χ3n) is 2.89. The summed E-state index contributed by atoms with van der Waals surface area (Å²) in [4.78, 5) is 0. The molecule has 0 amide bonds. The van der Waals surface area contributed by atoms with Gasteiger partial charge in [0.2, 0.25) is 10.5 Å². The first kappa shape index (κ1) is 13.5. The monoisotopic (exact) mass is 233 g/mol. The van der Waals surface area contributed by atoms with Gasteiger partial charge in [0.1, 0.15) is 0 Å². The lowest BCUT2D eigenvalue weighted by Gasteiger charge is -2.18. The number of hydrogen-bond donors (Lipinski definition) is 0. The highest BCUT2D eigenvalue weighted by Crippen LogP contribution is 2.26. The van der Waals surface area contributed by atoms with E-state index in [1.54, 1.807) is 0 Å². The molecule has 0 fully saturated rings. The van der Waals surface area contributed by atoms with Crippen molar-refractivity contribution in [1.29, 1.82) is 0 Å². The molecule has 0 aromatic heterocycles. The molecule has 1 aromatic carbocycles. The Morgan fingerprint density at radius 2 is 1.94 bits per heavy atom. The molecule has 1 aromatic rings. The maximum atomic E-state index is 5.40. The summed E-state index contributed by atoms with van der Waals surface area (Å²) in [5.74, 6) is 0. The quantitative estimate of drug-likeness (QED) is 0.648. The fraction of sp³-hybridized carbons (Fsp3) is 0.571. The van der Waals surface area contributed by atoms with Gasteiger partial charge in [-0.15, -0.1) is 0 Å². The molecule has 0 N–H and O–H groups in total. The lowest BCUT2D eigenvalue weighted by molar-refractivity contribution is 0.212. The molecule has 16 heavy (non-hydrogen) atoms. The topological polar surface area (TPSA) is 9.23 Å². The number of hydrogen-bond acceptors (Lipinski definition) is 1. The maximum Gasteiger partial charge on any atom is 0.247 e. The summed E-state index contributed by atoms with van der Waals surface area (Å²) < 4.78 is 5.40. The number of rotatable bonds is 7. The molecule has 1 nitrogen and oxygen atoms in total. The van der Waals surface area contributed by atoms with Gasteiger partial charge in [0.15, 0.2) is 0 Å². The summed E-state index contributed by atoms with van der Waals surface area (Å²) in [6.45, 7) is 4.42. The van der Waals surface area contributed by atoms with E-state index in [0.717, 1.165) is 19.3 Å². The van der Waals surface area contributed by atoms with Crippen LogP contribution in [-0.4, -0.2) is 10.5 Å². The van der Waals surface area contributed by atoms with Gasteiger partial charge in [0, 0.05) is 0 Å². The lowest BCUT2D eigenvalue weighted by Crippen LogP contribution is -2.05. The Bertz CT molecular complexity index is 299. The van der Waals surface area contributed by atoms with E-state index in [-0.39, 0.29) is 6.10 Å². The molecule has 1 rings (SSSR count). The van der Waals surface area contributed by atoms with Gasteiger partial charge in [-0.1, -0.05) is 51.0 Å². The van der Waals surface area contributed by atoms with Gasteiger partial charge in [-0.25, -0.2) is 0 Å². The first-order valence-electron chi connectivity index (χ1n) is 6.23. The number of unbranched alkanes of at least 4 members (excludes halogenated alkanes) is 1. The Morgan fingerprint density at radius 1 is 1.19 bits per heavy atom. The van der Waals surface area contributed by atoms with Crippen LogP contribution in [0.2, 0.25) is 0 Å². The van der Waals surface area contributed by atoms with Crippen LogP contribution in [0.15, 0.2) is 24.3 Å². The molecular formula is C14H21OSi. The van der Waals surface area contributed by atoms with Crippen LogP contribution in [0.1, 0.15) is 56.8 Å². The molecule has 0 heterocycles. The zero-order chi connectivity index (χ0) is 11.8. The number of benzene rings is 1. The van der Waals surface area contributed by atoms with Gasteiger partial charge in [0.25, 0.3) is 0 Å². The van der Waals surface area contributed by atoms with Gasteiger partial charge in [0.05, 0.1) is 6.10 Å². The van der Waals surface area contributed by atoms with Crippen LogP contribution in [0.5, 0.6) is 0 Å². The summed E-state index contributed by atoms with van der Waals surface area (Å²) >= 11 is 0. The second-order valence-electron chi connectivity index (χ2n) is 4.20. The Balaban J connectivity index is 2.82. The highest BCUT2D eigenvalue weighted by Gasteiger charge is 2.12. The van der Waals surface area contributed by atoms with Crippen molar-refractivity contribution in [2.45, 2.75) is 52.1 Å². The molecule has 0 aliphatic rings. The Morgan fingerprint density at radius 3 is 2.56 bits per heavy atom. The third kappa shape index (κ3) is 3.76. The predicted octanol–water partition coefficient (Wildman–Crippen LogP) is 3.97. The Hall–Kier alpha value is -0.603. The fourth-order valence-electron chi connectivity index (χ4n) is 1.98. The Kier molecular flexibility index (Phi) is 6.42. The van der Waals surface area contributed by atoms with Crippen molar-refractivity contribution < 1.29 is 4.43 Å². The lowest BCUT2D eigenvalue weighted by atomic mass is 9.96. The molecule has 0 aliphatic heterocycles. The van der Waals surface area contributed by atoms with Crippen LogP contribution in [0.25, 0.3) is 0 Å². The maximum absolute atomic E-state index is 5.40. The minimum Gasteiger partial charge on any atom is -0.412 e. The molecule has 87 valence electrons. The van der Waals surface area contributed by atoms with E-state index in [1.807, 2.05) is 0 Å². The van der Waals surface area contributed by atoms with Crippen molar-refractivity contribution in [2.24, 2.45) is 0 Å². The summed E-state index contributed by atoms with van der Waals surface area (Å²) in [7, 11) is 3.21. The van der Waals surface area contributed by atoms with Crippen molar-refractivity contribution in [3.63, 3.8) is 0 Å². The van der Waals surface area contributed by atoms with Crippen molar-refractivity contribution in [1.82, 2.24) is 0 Å². The molecule has 0 aliphatic carbocycles. The molecule has 0 spiro atoms. The smallest absolute Gasteiger partial charge is 0.247 e. The standard InChI is InChI=1S/C14H21OSi/c1-3-5-9-12-10-6-7-11-13(12)14(15-16)8-4-2/h6-7,10-11,14H,3-5,8-9H2,1-2H3. The van der Waals surface area contributed by atoms with Crippen LogP contribution < -0.4 is 0 Å². The second-order valence-corrected chi connectivity index (χ2v) is 4.43. The van der Waals surface area contributed by atoms with E-state index in [1.165, 1.54) is 24.0 Å². The van der Waals surface area contributed by atoms with Gasteiger partial charge in [-0.2, -0.15) is 0 Å². The molecule has 2 heteroatoms. The Labute approximate surface area is 103 Å². The molecule has 0 bridgehead atoms. The first-order chi connectivity index (χ1) is 7.83. The van der Waals surface area contributed by atoms with Crippen molar-refractivity contribution in [3.05, 3.63) is 35.4 Å². The van der Waals surface area contributed by atoms with Crippen LogP contribution in [0.4, 0.5) is 0 Å². The zero-order valence-corrected chi connectivity index (χ0v) is 11.3. The third-order valence-corrected chi connectivity index (χ3v) is 3.18. The number of aryl methyl sites for hydroxylation is 1. The van der Waals surface area contributed by atoms with E-state index in [2.05, 4.69) is 48.6 Å². The highest BCUT2D eigenvalue weighted by atomic mass is 28.2. The van der Waals surface area contributed by atoms with Gasteiger partial charge in [-0.05, 0) is 30.4 Å². The van der Waals surface area contributed by atoms with Gasteiger partial charge in [-0.3, -0.25) is 0 Å². The van der Waals surface area contributed by atoms with Crippen LogP contribution >= 0.6 is 0 Å². The van der Waals surface area contributed by atoms with E-state index in [4.69, 9.17) is 4.43 Å². The van der Waals surface area contributed by atoms with Crippen LogP contribution in [0, 0.1) is 0 Å². The van der Waals surface area contributed by atoms with Crippen molar-refractivity contribution >= 4 is 10.5 Å². The average Bonchev–Trinajstić information content (AvgIpc) is 2.34. The van der Waals surface area contributed by atoms with E-state index in [0.29, 0.717) is 0 Å². The van der Waals surface area contributed by atoms with Gasteiger partial charge >= 0.3 is 0 Å². The van der Waals surface area contributed by atoms with Crippen molar-refractivity contribution in [3.8, 4) is 0 Å². The molecule has 1 unspecified atom stereocenters. The minimum absolute atomic E-state index is 0.190. The summed E-state index contributed by atoms with van der Waals surface area (Å²) in [5, 5.41) is 0. The average molecular weight is 233 g/mol. The normalized spacial score (nSPS) is 12.7. The first-order valence-corrected chi connectivity index (χ1v) is 6.64. The SMILES string of the molecule is CCCCc1ccccc1C(CCC)O[Si]. The molecule has 3 radical (unpaired) electrons. The molecular weight excluding hydrogens is 212 g/mol. The minimum atomic E-state index is 0.190. The van der Waals surface area contributed by atoms with Crippen LogP contribution in [0.3, 0.4) is 0 Å².